The molecule has 1 rings (SSSR count). The molecule has 6 heteroatoms. The number of pyridine rings is 1. The van der Waals surface area contributed by atoms with E-state index in [0.29, 0.717) is 11.1 Å². The standard InChI is InChI=1S/C12H14N4O2/c1-14-11(17)8-16-12(18)10-5-9(3-2-4-13)6-15-7-10/h5-7H,4,8,13H2,1H3,(H,14,17)(H,16,18). The summed E-state index contributed by atoms with van der Waals surface area (Å²) in [5.74, 6) is 4.81. The molecule has 0 radical (unpaired) electrons. The summed E-state index contributed by atoms with van der Waals surface area (Å²) in [7, 11) is 1.50. The zero-order valence-electron chi connectivity index (χ0n) is 9.99. The number of nitrogens with zero attached hydrogens (tertiary/aromatic N) is 1. The van der Waals surface area contributed by atoms with E-state index in [0.717, 1.165) is 0 Å². The summed E-state index contributed by atoms with van der Waals surface area (Å²) in [6.45, 7) is 0.168. The number of aromatic nitrogens is 1. The van der Waals surface area contributed by atoms with E-state index in [1.54, 1.807) is 6.07 Å². The van der Waals surface area contributed by atoms with Gasteiger partial charge in [-0.3, -0.25) is 14.6 Å². The molecule has 1 heterocycles. The lowest BCUT2D eigenvalue weighted by molar-refractivity contribution is -0.119. The Labute approximate surface area is 105 Å². The number of amides is 2. The first kappa shape index (κ1) is 13.7. The molecule has 0 fully saturated rings. The summed E-state index contributed by atoms with van der Waals surface area (Å²) in [6.07, 6.45) is 2.95. The van der Waals surface area contributed by atoms with E-state index in [-0.39, 0.29) is 24.9 Å². The summed E-state index contributed by atoms with van der Waals surface area (Å²) in [4.78, 5) is 26.6. The molecule has 1 aromatic rings. The smallest absolute Gasteiger partial charge is 0.253 e. The van der Waals surface area contributed by atoms with E-state index in [2.05, 4.69) is 27.5 Å². The summed E-state index contributed by atoms with van der Waals surface area (Å²) >= 11 is 0. The predicted molar refractivity (Wildman–Crippen MR) is 66.6 cm³/mol. The zero-order chi connectivity index (χ0) is 13.4. The molecule has 4 N–H and O–H groups in total. The quantitative estimate of drug-likeness (QED) is 0.588. The van der Waals surface area contributed by atoms with Crippen LogP contribution in [0.25, 0.3) is 0 Å². The molecule has 0 saturated heterocycles. The van der Waals surface area contributed by atoms with Gasteiger partial charge in [-0.15, -0.1) is 0 Å². The fraction of sp³-hybridized carbons (Fsp3) is 0.250. The third-order valence-electron chi connectivity index (χ3n) is 2.02. The molecule has 0 aromatic carbocycles. The van der Waals surface area contributed by atoms with E-state index in [9.17, 15) is 9.59 Å². The first-order valence-electron chi connectivity index (χ1n) is 5.30. The Hall–Kier alpha value is -2.39. The van der Waals surface area contributed by atoms with Gasteiger partial charge in [-0.05, 0) is 6.07 Å². The third-order valence-corrected chi connectivity index (χ3v) is 2.02. The van der Waals surface area contributed by atoms with Crippen molar-refractivity contribution < 1.29 is 9.59 Å². The van der Waals surface area contributed by atoms with Crippen LogP contribution in [0.2, 0.25) is 0 Å². The molecule has 18 heavy (non-hydrogen) atoms. The summed E-state index contributed by atoms with van der Waals surface area (Å²) < 4.78 is 0. The van der Waals surface area contributed by atoms with Crippen LogP contribution >= 0.6 is 0 Å². The van der Waals surface area contributed by atoms with Gasteiger partial charge >= 0.3 is 0 Å². The number of nitrogens with one attached hydrogen (secondary N) is 2. The molecule has 0 spiro atoms. The molecule has 0 aliphatic heterocycles. The molecule has 0 saturated carbocycles. The van der Waals surface area contributed by atoms with Crippen molar-refractivity contribution in [3.63, 3.8) is 0 Å². The van der Waals surface area contributed by atoms with Crippen LogP contribution in [-0.4, -0.2) is 36.9 Å². The van der Waals surface area contributed by atoms with E-state index < -0.39 is 0 Å². The summed E-state index contributed by atoms with van der Waals surface area (Å²) in [6, 6.07) is 1.59. The van der Waals surface area contributed by atoms with Crippen molar-refractivity contribution in [3.05, 3.63) is 29.6 Å². The van der Waals surface area contributed by atoms with Crippen molar-refractivity contribution >= 4 is 11.8 Å². The number of likely N-dealkylation sites (N-methyl/N-ethyl adjacent to an activating group) is 1. The van der Waals surface area contributed by atoms with Gasteiger partial charge < -0.3 is 16.4 Å². The van der Waals surface area contributed by atoms with E-state index >= 15 is 0 Å². The molecule has 94 valence electrons. The predicted octanol–water partition coefficient (Wildman–Crippen LogP) is -1.13. The molecule has 0 unspecified atom stereocenters. The van der Waals surface area contributed by atoms with Gasteiger partial charge in [0.1, 0.15) is 0 Å². The molecular weight excluding hydrogens is 232 g/mol. The van der Waals surface area contributed by atoms with Crippen molar-refractivity contribution in [2.75, 3.05) is 20.1 Å². The third kappa shape index (κ3) is 4.23. The average Bonchev–Trinajstić information content (AvgIpc) is 2.42. The fourth-order valence-corrected chi connectivity index (χ4v) is 1.14. The second-order valence-corrected chi connectivity index (χ2v) is 3.32. The molecular formula is C12H14N4O2. The zero-order valence-corrected chi connectivity index (χ0v) is 9.99. The van der Waals surface area contributed by atoms with Crippen LogP contribution in [0.5, 0.6) is 0 Å². The normalized spacial score (nSPS) is 9.00. The maximum Gasteiger partial charge on any atom is 0.253 e. The topological polar surface area (TPSA) is 97.1 Å². The first-order valence-corrected chi connectivity index (χ1v) is 5.30. The Morgan fingerprint density at radius 3 is 2.89 bits per heavy atom. The second-order valence-electron chi connectivity index (χ2n) is 3.32. The number of hydrogen-bond acceptors (Lipinski definition) is 4. The highest BCUT2D eigenvalue weighted by Gasteiger charge is 2.07. The fourth-order valence-electron chi connectivity index (χ4n) is 1.14. The van der Waals surface area contributed by atoms with Crippen LogP contribution < -0.4 is 16.4 Å². The van der Waals surface area contributed by atoms with Crippen molar-refractivity contribution in [1.82, 2.24) is 15.6 Å². The Bertz CT molecular complexity index is 502. The lowest BCUT2D eigenvalue weighted by Gasteiger charge is -2.04. The number of carbonyl (C=O) groups excluding carboxylic acids is 2. The summed E-state index contributed by atoms with van der Waals surface area (Å²) in [5.41, 5.74) is 6.21. The lowest BCUT2D eigenvalue weighted by atomic mass is 10.2. The Kier molecular flexibility index (Phi) is 5.35. The number of carbonyl (C=O) groups is 2. The van der Waals surface area contributed by atoms with Crippen LogP contribution in [0.4, 0.5) is 0 Å². The van der Waals surface area contributed by atoms with Crippen molar-refractivity contribution in [2.45, 2.75) is 0 Å². The maximum atomic E-state index is 11.7. The van der Waals surface area contributed by atoms with Crippen molar-refractivity contribution in [1.29, 1.82) is 0 Å². The van der Waals surface area contributed by atoms with E-state index in [1.165, 1.54) is 19.4 Å². The summed E-state index contributed by atoms with van der Waals surface area (Å²) in [5, 5.41) is 4.87. The number of rotatable bonds is 3. The highest BCUT2D eigenvalue weighted by molar-refractivity contribution is 5.96. The molecule has 0 atom stereocenters. The van der Waals surface area contributed by atoms with Crippen molar-refractivity contribution in [2.24, 2.45) is 5.73 Å². The highest BCUT2D eigenvalue weighted by Crippen LogP contribution is 2.01. The maximum absolute atomic E-state index is 11.7. The number of hydrogen-bond donors (Lipinski definition) is 3. The SMILES string of the molecule is CNC(=O)CNC(=O)c1cncc(C#CCN)c1. The van der Waals surface area contributed by atoms with Gasteiger partial charge in [0.2, 0.25) is 5.91 Å². The van der Waals surface area contributed by atoms with Gasteiger partial charge in [0.05, 0.1) is 18.7 Å². The monoisotopic (exact) mass is 246 g/mol. The van der Waals surface area contributed by atoms with Gasteiger partial charge in [-0.1, -0.05) is 11.8 Å². The Morgan fingerprint density at radius 2 is 2.22 bits per heavy atom. The average molecular weight is 246 g/mol. The van der Waals surface area contributed by atoms with E-state index in [1.807, 2.05) is 0 Å². The van der Waals surface area contributed by atoms with Gasteiger partial charge in [0.25, 0.3) is 5.91 Å². The van der Waals surface area contributed by atoms with Crippen LogP contribution in [0.3, 0.4) is 0 Å². The van der Waals surface area contributed by atoms with Gasteiger partial charge in [0.15, 0.2) is 0 Å². The van der Waals surface area contributed by atoms with Crippen LogP contribution in [0.15, 0.2) is 18.5 Å². The molecule has 1 aromatic heterocycles. The van der Waals surface area contributed by atoms with Crippen LogP contribution in [0, 0.1) is 11.8 Å². The lowest BCUT2D eigenvalue weighted by Crippen LogP contribution is -2.35. The largest absolute Gasteiger partial charge is 0.358 e. The molecule has 0 bridgehead atoms. The second kappa shape index (κ2) is 7.04. The van der Waals surface area contributed by atoms with Gasteiger partial charge in [-0.2, -0.15) is 0 Å². The highest BCUT2D eigenvalue weighted by atomic mass is 16.2. The molecule has 6 nitrogen and oxygen atoms in total. The van der Waals surface area contributed by atoms with E-state index in [4.69, 9.17) is 5.73 Å². The van der Waals surface area contributed by atoms with Crippen LogP contribution in [-0.2, 0) is 4.79 Å². The van der Waals surface area contributed by atoms with Crippen molar-refractivity contribution in [3.8, 4) is 11.8 Å². The van der Waals surface area contributed by atoms with Crippen LogP contribution in [0.1, 0.15) is 15.9 Å². The minimum atomic E-state index is -0.373. The minimum absolute atomic E-state index is 0.0754. The Morgan fingerprint density at radius 1 is 1.44 bits per heavy atom. The van der Waals surface area contributed by atoms with Gasteiger partial charge in [-0.25, -0.2) is 0 Å². The minimum Gasteiger partial charge on any atom is -0.358 e. The molecule has 0 aliphatic carbocycles. The number of nitrogens with two attached hydrogens (primary N) is 1. The molecule has 0 aliphatic rings. The van der Waals surface area contributed by atoms with Gasteiger partial charge in [0, 0.05) is 25.0 Å². The Balaban J connectivity index is 2.71. The first-order chi connectivity index (χ1) is 8.67. The molecule has 2 amide bonds.